The van der Waals surface area contributed by atoms with Gasteiger partial charge in [0, 0.05) is 36.9 Å². The molecule has 0 fully saturated rings. The number of thiophene rings is 1. The highest BCUT2D eigenvalue weighted by molar-refractivity contribution is 7.25. The molecule has 0 bridgehead atoms. The molecule has 0 N–H and O–H groups in total. The van der Waals surface area contributed by atoms with Crippen LogP contribution in [0.2, 0.25) is 0 Å². The number of hydrogen-bond acceptors (Lipinski definition) is 3. The molecule has 11 aromatic rings. The van der Waals surface area contributed by atoms with E-state index in [0.29, 0.717) is 5.82 Å². The molecule has 0 saturated carbocycles. The van der Waals surface area contributed by atoms with Crippen molar-refractivity contribution in [2.45, 2.75) is 5.41 Å². The smallest absolute Gasteiger partial charge is 0.160 e. The van der Waals surface area contributed by atoms with E-state index in [1.807, 2.05) is 17.4 Å². The number of fused-ring (bicyclic) bond motifs is 6. The van der Waals surface area contributed by atoms with Crippen LogP contribution in [0.15, 0.2) is 231 Å². The Hall–Kier alpha value is -7.72. The number of rotatable bonds is 7. The second-order valence-electron chi connectivity index (χ2n) is 16.1. The lowest BCUT2D eigenvalue weighted by atomic mass is 9.67. The lowest BCUT2D eigenvalue weighted by Crippen LogP contribution is -2.28. The Kier molecular flexibility index (Phi) is 8.62. The lowest BCUT2D eigenvalue weighted by Gasteiger charge is -2.34. The zero-order valence-electron chi connectivity index (χ0n) is 33.7. The van der Waals surface area contributed by atoms with Crippen LogP contribution >= 0.6 is 11.3 Å². The molecule has 2 aromatic heterocycles. The van der Waals surface area contributed by atoms with Gasteiger partial charge in [-0.2, -0.15) is 0 Å². The van der Waals surface area contributed by atoms with Gasteiger partial charge in [-0.05, 0) is 92.0 Å². The van der Waals surface area contributed by atoms with E-state index in [0.717, 1.165) is 44.8 Å². The predicted octanol–water partition coefficient (Wildman–Crippen LogP) is 15.5. The maximum absolute atomic E-state index is 5.29. The van der Waals surface area contributed by atoms with E-state index in [1.54, 1.807) is 0 Å². The fourth-order valence-corrected chi connectivity index (χ4v) is 10.9. The van der Waals surface area contributed by atoms with Crippen molar-refractivity contribution in [1.29, 1.82) is 0 Å². The molecule has 0 saturated heterocycles. The van der Waals surface area contributed by atoms with Crippen molar-refractivity contribution < 1.29 is 0 Å². The molecule has 0 unspecified atom stereocenters. The first-order valence-corrected chi connectivity index (χ1v) is 22.0. The summed E-state index contributed by atoms with van der Waals surface area (Å²) in [5, 5.41) is 2.57. The molecule has 290 valence electrons. The Morgan fingerprint density at radius 3 is 1.66 bits per heavy atom. The third-order valence-electron chi connectivity index (χ3n) is 12.6. The van der Waals surface area contributed by atoms with E-state index in [4.69, 9.17) is 9.97 Å². The molecule has 0 radical (unpaired) electrons. The highest BCUT2D eigenvalue weighted by atomic mass is 32.1. The molecule has 0 aliphatic heterocycles. The van der Waals surface area contributed by atoms with E-state index in [2.05, 4.69) is 224 Å². The summed E-state index contributed by atoms with van der Waals surface area (Å²) in [5.41, 5.74) is 16.6. The molecule has 12 rings (SSSR count). The SMILES string of the molecule is c1ccc(-c2nc(-c3cccc(-c4ccc5c(c4)C(c4ccccc4)(c4ccccc4)c4ccccc4-5)c3)cc(-c3ccccc3-c3ccc4sc5ccccc5c4c3)n2)cc1. The van der Waals surface area contributed by atoms with E-state index in [9.17, 15) is 0 Å². The molecule has 0 spiro atoms. The van der Waals surface area contributed by atoms with Crippen molar-refractivity contribution in [3.8, 4) is 67.3 Å². The third kappa shape index (κ3) is 5.85. The highest BCUT2D eigenvalue weighted by Gasteiger charge is 2.46. The van der Waals surface area contributed by atoms with Crippen molar-refractivity contribution in [2.24, 2.45) is 0 Å². The van der Waals surface area contributed by atoms with Gasteiger partial charge in [0.1, 0.15) is 0 Å². The minimum absolute atomic E-state index is 0.470. The summed E-state index contributed by atoms with van der Waals surface area (Å²) in [4.78, 5) is 10.6. The van der Waals surface area contributed by atoms with Gasteiger partial charge in [-0.25, -0.2) is 9.97 Å². The van der Waals surface area contributed by atoms with Crippen LogP contribution in [0.3, 0.4) is 0 Å². The standard InChI is InChI=1S/C59H38N2S/c1-4-17-39(18-5-1)58-60-54(38-55(61-58)49-27-11-10-25-46(49)42-32-34-57-51(36-42)50-28-13-15-30-56(50)62-57)43-20-16-19-40(35-43)41-31-33-48-47-26-12-14-29-52(47)59(53(48)37-41,44-21-6-2-7-22-44)45-23-8-3-9-24-45/h1-38H. The molecule has 1 aliphatic carbocycles. The van der Waals surface area contributed by atoms with Gasteiger partial charge >= 0.3 is 0 Å². The topological polar surface area (TPSA) is 25.8 Å². The number of aromatic nitrogens is 2. The molecule has 0 amide bonds. The molecule has 2 heterocycles. The van der Waals surface area contributed by atoms with Crippen molar-refractivity contribution >= 4 is 31.5 Å². The first-order chi connectivity index (χ1) is 30.7. The monoisotopic (exact) mass is 806 g/mol. The Balaban J connectivity index is 1.01. The van der Waals surface area contributed by atoms with E-state index < -0.39 is 5.41 Å². The van der Waals surface area contributed by atoms with Crippen molar-refractivity contribution in [1.82, 2.24) is 9.97 Å². The van der Waals surface area contributed by atoms with E-state index in [1.165, 1.54) is 59.1 Å². The predicted molar refractivity (Wildman–Crippen MR) is 259 cm³/mol. The lowest BCUT2D eigenvalue weighted by molar-refractivity contribution is 0.769. The summed E-state index contributed by atoms with van der Waals surface area (Å²) in [6, 6.07) is 83.5. The zero-order chi connectivity index (χ0) is 41.0. The third-order valence-corrected chi connectivity index (χ3v) is 13.8. The summed E-state index contributed by atoms with van der Waals surface area (Å²) in [7, 11) is 0. The first-order valence-electron chi connectivity index (χ1n) is 21.1. The van der Waals surface area contributed by atoms with Gasteiger partial charge in [-0.3, -0.25) is 0 Å². The maximum Gasteiger partial charge on any atom is 0.160 e. The quantitative estimate of drug-likeness (QED) is 0.160. The van der Waals surface area contributed by atoms with Crippen LogP contribution < -0.4 is 0 Å². The molecular weight excluding hydrogens is 769 g/mol. The van der Waals surface area contributed by atoms with Gasteiger partial charge in [0.25, 0.3) is 0 Å². The van der Waals surface area contributed by atoms with Gasteiger partial charge in [0.05, 0.1) is 16.8 Å². The zero-order valence-corrected chi connectivity index (χ0v) is 34.6. The summed E-state index contributed by atoms with van der Waals surface area (Å²) in [6.07, 6.45) is 0. The molecule has 9 aromatic carbocycles. The fourth-order valence-electron chi connectivity index (χ4n) is 9.78. The first kappa shape index (κ1) is 36.2. The Morgan fingerprint density at radius 2 is 0.871 bits per heavy atom. The van der Waals surface area contributed by atoms with E-state index >= 15 is 0 Å². The molecule has 1 aliphatic rings. The Labute approximate surface area is 365 Å². The number of hydrogen-bond donors (Lipinski definition) is 0. The molecule has 0 atom stereocenters. The molecule has 3 heteroatoms. The van der Waals surface area contributed by atoms with Gasteiger partial charge in [0.2, 0.25) is 0 Å². The highest BCUT2D eigenvalue weighted by Crippen LogP contribution is 2.56. The molecule has 2 nitrogen and oxygen atoms in total. The van der Waals surface area contributed by atoms with Gasteiger partial charge < -0.3 is 0 Å². The van der Waals surface area contributed by atoms with Crippen LogP contribution in [0, 0.1) is 0 Å². The van der Waals surface area contributed by atoms with Crippen molar-refractivity contribution in [3.05, 3.63) is 253 Å². The van der Waals surface area contributed by atoms with Gasteiger partial charge in [-0.1, -0.05) is 194 Å². The molecular formula is C59H38N2S. The van der Waals surface area contributed by atoms with Crippen molar-refractivity contribution in [3.63, 3.8) is 0 Å². The van der Waals surface area contributed by atoms with Crippen LogP contribution in [-0.2, 0) is 5.41 Å². The summed E-state index contributed by atoms with van der Waals surface area (Å²) in [5.74, 6) is 0.698. The minimum Gasteiger partial charge on any atom is -0.228 e. The normalized spacial score (nSPS) is 12.6. The average Bonchev–Trinajstić information content (AvgIpc) is 3.88. The Bertz CT molecular complexity index is 3420. The summed E-state index contributed by atoms with van der Waals surface area (Å²) >= 11 is 1.84. The maximum atomic E-state index is 5.29. The summed E-state index contributed by atoms with van der Waals surface area (Å²) < 4.78 is 2.60. The van der Waals surface area contributed by atoms with Crippen LogP contribution in [0.25, 0.3) is 87.5 Å². The van der Waals surface area contributed by atoms with Crippen molar-refractivity contribution in [2.75, 3.05) is 0 Å². The second-order valence-corrected chi connectivity index (χ2v) is 17.1. The largest absolute Gasteiger partial charge is 0.228 e. The second kappa shape index (κ2) is 14.8. The van der Waals surface area contributed by atoms with Crippen LogP contribution in [0.1, 0.15) is 22.3 Å². The average molecular weight is 807 g/mol. The Morgan fingerprint density at radius 1 is 0.306 bits per heavy atom. The summed E-state index contributed by atoms with van der Waals surface area (Å²) in [6.45, 7) is 0. The van der Waals surface area contributed by atoms with Crippen LogP contribution in [0.4, 0.5) is 0 Å². The van der Waals surface area contributed by atoms with Crippen LogP contribution in [-0.4, -0.2) is 9.97 Å². The van der Waals surface area contributed by atoms with E-state index in [-0.39, 0.29) is 0 Å². The fraction of sp³-hybridized carbons (Fsp3) is 0.0169. The molecule has 62 heavy (non-hydrogen) atoms. The van der Waals surface area contributed by atoms with Gasteiger partial charge in [-0.15, -0.1) is 11.3 Å². The minimum atomic E-state index is -0.470. The number of nitrogens with zero attached hydrogens (tertiary/aromatic N) is 2. The number of benzene rings is 9. The van der Waals surface area contributed by atoms with Gasteiger partial charge in [0.15, 0.2) is 5.82 Å². The van der Waals surface area contributed by atoms with Crippen LogP contribution in [0.5, 0.6) is 0 Å².